The fraction of sp³-hybridized carbons (Fsp3) is 0.143. The van der Waals surface area contributed by atoms with Gasteiger partial charge in [-0.25, -0.2) is 8.42 Å². The van der Waals surface area contributed by atoms with E-state index >= 15 is 0 Å². The third kappa shape index (κ3) is 3.66. The highest BCUT2D eigenvalue weighted by molar-refractivity contribution is 7.92. The summed E-state index contributed by atoms with van der Waals surface area (Å²) in [7, 11) is -2.26. The normalized spacial score (nSPS) is 11.5. The number of ether oxygens (including phenoxy) is 1. The molecule has 0 fully saturated rings. The van der Waals surface area contributed by atoms with Crippen molar-refractivity contribution in [3.63, 3.8) is 0 Å². The first kappa shape index (κ1) is 18.9. The van der Waals surface area contributed by atoms with Crippen LogP contribution in [0, 0.1) is 6.92 Å². The third-order valence-corrected chi connectivity index (χ3v) is 6.40. The lowest BCUT2D eigenvalue weighted by atomic mass is 10.2. The first-order valence-electron chi connectivity index (χ1n) is 9.01. The standard InChI is InChI=1S/C21H20N4O3S/c1-16-22-23-21-12-11-20(15-24(16)21)29(26,27)25(18-8-4-3-5-9-18)14-17-7-6-10-19(13-17)28-2/h3-13,15H,14H2,1-2H3. The Hall–Kier alpha value is -3.39. The van der Waals surface area contributed by atoms with Gasteiger partial charge >= 0.3 is 0 Å². The summed E-state index contributed by atoms with van der Waals surface area (Å²) in [5, 5.41) is 8.02. The van der Waals surface area contributed by atoms with Gasteiger partial charge in [-0.3, -0.25) is 8.71 Å². The van der Waals surface area contributed by atoms with Gasteiger partial charge in [-0.2, -0.15) is 0 Å². The molecule has 0 N–H and O–H groups in total. The van der Waals surface area contributed by atoms with Crippen LogP contribution in [-0.2, 0) is 16.6 Å². The van der Waals surface area contributed by atoms with Crippen LogP contribution < -0.4 is 9.04 Å². The molecular weight excluding hydrogens is 388 g/mol. The Labute approximate surface area is 169 Å². The number of rotatable bonds is 6. The summed E-state index contributed by atoms with van der Waals surface area (Å²) >= 11 is 0. The summed E-state index contributed by atoms with van der Waals surface area (Å²) in [5.41, 5.74) is 2.00. The zero-order chi connectivity index (χ0) is 20.4. The molecule has 2 aromatic heterocycles. The summed E-state index contributed by atoms with van der Waals surface area (Å²) in [6, 6.07) is 19.6. The minimum atomic E-state index is -3.84. The van der Waals surface area contributed by atoms with Gasteiger partial charge in [0.2, 0.25) is 0 Å². The van der Waals surface area contributed by atoms with Crippen molar-refractivity contribution in [3.8, 4) is 5.75 Å². The lowest BCUT2D eigenvalue weighted by Gasteiger charge is -2.25. The monoisotopic (exact) mass is 408 g/mol. The van der Waals surface area contributed by atoms with Crippen molar-refractivity contribution in [3.05, 3.63) is 84.3 Å². The molecule has 7 nitrogen and oxygen atoms in total. The third-order valence-electron chi connectivity index (χ3n) is 4.64. The molecule has 0 saturated heterocycles. The summed E-state index contributed by atoms with van der Waals surface area (Å²) in [6.45, 7) is 1.95. The number of hydrogen-bond donors (Lipinski definition) is 0. The van der Waals surface area contributed by atoms with E-state index in [4.69, 9.17) is 4.74 Å². The van der Waals surface area contributed by atoms with Gasteiger partial charge in [0.05, 0.1) is 19.3 Å². The Kier molecular flexibility index (Phi) is 4.94. The number of nitrogens with zero attached hydrogens (tertiary/aromatic N) is 4. The number of benzene rings is 2. The van der Waals surface area contributed by atoms with Gasteiger partial charge in [0.15, 0.2) is 5.65 Å². The average Bonchev–Trinajstić information content (AvgIpc) is 3.13. The molecule has 29 heavy (non-hydrogen) atoms. The van der Waals surface area contributed by atoms with Gasteiger partial charge in [-0.1, -0.05) is 30.3 Å². The minimum Gasteiger partial charge on any atom is -0.497 e. The fourth-order valence-corrected chi connectivity index (χ4v) is 4.56. The molecule has 0 unspecified atom stereocenters. The van der Waals surface area contributed by atoms with Crippen molar-refractivity contribution in [2.45, 2.75) is 18.4 Å². The molecule has 2 heterocycles. The van der Waals surface area contributed by atoms with E-state index in [2.05, 4.69) is 10.2 Å². The molecule has 0 aliphatic carbocycles. The van der Waals surface area contributed by atoms with Crippen LogP contribution in [0.15, 0.2) is 77.8 Å². The van der Waals surface area contributed by atoms with Crippen molar-refractivity contribution in [2.24, 2.45) is 0 Å². The Morgan fingerprint density at radius 3 is 2.55 bits per heavy atom. The van der Waals surface area contributed by atoms with Crippen molar-refractivity contribution < 1.29 is 13.2 Å². The van der Waals surface area contributed by atoms with E-state index in [0.29, 0.717) is 22.9 Å². The molecule has 0 saturated carbocycles. The van der Waals surface area contributed by atoms with Crippen LogP contribution in [0.25, 0.3) is 5.65 Å². The molecule has 0 aliphatic rings. The number of anilines is 1. The SMILES string of the molecule is COc1cccc(CN(c2ccccc2)S(=O)(=O)c2ccc3nnc(C)n3c2)c1. The maximum absolute atomic E-state index is 13.6. The lowest BCUT2D eigenvalue weighted by molar-refractivity contribution is 0.414. The summed E-state index contributed by atoms with van der Waals surface area (Å²) < 4.78 is 35.6. The Morgan fingerprint density at radius 1 is 1.00 bits per heavy atom. The molecule has 0 spiro atoms. The van der Waals surface area contributed by atoms with Crippen molar-refractivity contribution in [2.75, 3.05) is 11.4 Å². The molecule has 0 atom stereocenters. The van der Waals surface area contributed by atoms with Crippen molar-refractivity contribution in [1.82, 2.24) is 14.6 Å². The first-order chi connectivity index (χ1) is 14.0. The van der Waals surface area contributed by atoms with Crippen molar-refractivity contribution in [1.29, 1.82) is 0 Å². The highest BCUT2D eigenvalue weighted by Gasteiger charge is 2.26. The van der Waals surface area contributed by atoms with Gasteiger partial charge in [0.1, 0.15) is 16.5 Å². The first-order valence-corrected chi connectivity index (χ1v) is 10.4. The van der Waals surface area contributed by atoms with Crippen LogP contribution in [0.1, 0.15) is 11.4 Å². The van der Waals surface area contributed by atoms with E-state index in [0.717, 1.165) is 5.56 Å². The number of pyridine rings is 1. The summed E-state index contributed by atoms with van der Waals surface area (Å²) in [6.07, 6.45) is 1.56. The quantitative estimate of drug-likeness (QED) is 0.488. The van der Waals surface area contributed by atoms with Crippen LogP contribution in [0.5, 0.6) is 5.75 Å². The van der Waals surface area contributed by atoms with E-state index in [1.807, 2.05) is 42.5 Å². The number of para-hydroxylation sites is 1. The second kappa shape index (κ2) is 7.56. The Morgan fingerprint density at radius 2 is 1.79 bits per heavy atom. The lowest BCUT2D eigenvalue weighted by Crippen LogP contribution is -2.30. The molecule has 4 rings (SSSR count). The Balaban J connectivity index is 1.81. The van der Waals surface area contributed by atoms with Gasteiger partial charge in [-0.15, -0.1) is 10.2 Å². The van der Waals surface area contributed by atoms with Crippen LogP contribution in [0.4, 0.5) is 5.69 Å². The maximum Gasteiger partial charge on any atom is 0.266 e. The van der Waals surface area contributed by atoms with Crippen LogP contribution in [-0.4, -0.2) is 30.1 Å². The second-order valence-electron chi connectivity index (χ2n) is 6.54. The molecule has 0 aliphatic heterocycles. The number of aryl methyl sites for hydroxylation is 1. The Bertz CT molecular complexity index is 1250. The predicted octanol–water partition coefficient (Wildman–Crippen LogP) is 3.44. The average molecular weight is 408 g/mol. The number of hydrogen-bond acceptors (Lipinski definition) is 5. The molecule has 0 bridgehead atoms. The van der Waals surface area contributed by atoms with Gasteiger partial charge < -0.3 is 4.74 Å². The summed E-state index contributed by atoms with van der Waals surface area (Å²) in [5.74, 6) is 1.30. The van der Waals surface area contributed by atoms with Crippen LogP contribution in [0.2, 0.25) is 0 Å². The molecule has 148 valence electrons. The van der Waals surface area contributed by atoms with Crippen LogP contribution in [0.3, 0.4) is 0 Å². The summed E-state index contributed by atoms with van der Waals surface area (Å²) in [4.78, 5) is 0.166. The predicted molar refractivity (Wildman–Crippen MR) is 111 cm³/mol. The maximum atomic E-state index is 13.6. The van der Waals surface area contributed by atoms with Gasteiger partial charge in [-0.05, 0) is 48.9 Å². The molecular formula is C21H20N4O3S. The molecule has 4 aromatic rings. The van der Waals surface area contributed by atoms with E-state index in [9.17, 15) is 8.42 Å². The molecule has 0 radical (unpaired) electrons. The highest BCUT2D eigenvalue weighted by Crippen LogP contribution is 2.27. The smallest absolute Gasteiger partial charge is 0.266 e. The number of methoxy groups -OCH3 is 1. The van der Waals surface area contributed by atoms with Gasteiger partial charge in [0.25, 0.3) is 10.0 Å². The van der Waals surface area contributed by atoms with E-state index in [1.54, 1.807) is 48.9 Å². The van der Waals surface area contributed by atoms with Crippen LogP contribution >= 0.6 is 0 Å². The zero-order valence-electron chi connectivity index (χ0n) is 16.1. The number of sulfonamides is 1. The highest BCUT2D eigenvalue weighted by atomic mass is 32.2. The zero-order valence-corrected chi connectivity index (χ0v) is 16.9. The van der Waals surface area contributed by atoms with E-state index in [-0.39, 0.29) is 11.4 Å². The molecule has 8 heteroatoms. The fourth-order valence-electron chi connectivity index (χ4n) is 3.11. The van der Waals surface area contributed by atoms with Crippen molar-refractivity contribution >= 4 is 21.4 Å². The number of aromatic nitrogens is 3. The molecule has 2 aromatic carbocycles. The second-order valence-corrected chi connectivity index (χ2v) is 8.40. The minimum absolute atomic E-state index is 0.166. The number of fused-ring (bicyclic) bond motifs is 1. The van der Waals surface area contributed by atoms with Gasteiger partial charge in [0, 0.05) is 6.20 Å². The van der Waals surface area contributed by atoms with E-state index in [1.165, 1.54) is 4.31 Å². The van der Waals surface area contributed by atoms with E-state index < -0.39 is 10.0 Å². The largest absolute Gasteiger partial charge is 0.497 e. The molecule has 0 amide bonds. The topological polar surface area (TPSA) is 76.8 Å².